The van der Waals surface area contributed by atoms with Crippen molar-refractivity contribution < 1.29 is 4.79 Å². The average molecular weight is 268 g/mol. The number of para-hydroxylation sites is 1. The highest BCUT2D eigenvalue weighted by Crippen LogP contribution is 2.29. The van der Waals surface area contributed by atoms with E-state index in [-0.39, 0.29) is 6.03 Å². The summed E-state index contributed by atoms with van der Waals surface area (Å²) in [6, 6.07) is 4.60. The molecule has 0 aliphatic rings. The molecule has 0 heterocycles. The van der Waals surface area contributed by atoms with Crippen LogP contribution in [0.4, 0.5) is 10.5 Å². The second kappa shape index (κ2) is 6.05. The third-order valence-electron chi connectivity index (χ3n) is 1.58. The minimum atomic E-state index is -0.384. The maximum Gasteiger partial charge on any atom is 0.319 e. The van der Waals surface area contributed by atoms with Crippen LogP contribution in [-0.4, -0.2) is 18.5 Å². The van der Waals surface area contributed by atoms with E-state index in [1.165, 1.54) is 0 Å². The van der Waals surface area contributed by atoms with Gasteiger partial charge in [-0.3, -0.25) is 0 Å². The quantitative estimate of drug-likeness (QED) is 0.810. The van der Waals surface area contributed by atoms with Gasteiger partial charge in [-0.2, -0.15) is 0 Å². The highest BCUT2D eigenvalue weighted by atomic mass is 35.5. The van der Waals surface area contributed by atoms with Crippen LogP contribution >= 0.6 is 34.8 Å². The molecule has 3 nitrogen and oxygen atoms in total. The summed E-state index contributed by atoms with van der Waals surface area (Å²) in [6.45, 7) is 0.384. The van der Waals surface area contributed by atoms with Crippen molar-refractivity contribution in [2.24, 2.45) is 0 Å². The first-order valence-electron chi connectivity index (χ1n) is 4.20. The summed E-state index contributed by atoms with van der Waals surface area (Å²) in [5, 5.41) is 5.86. The lowest BCUT2D eigenvalue weighted by atomic mass is 10.3. The normalized spacial score (nSPS) is 9.80. The van der Waals surface area contributed by atoms with Gasteiger partial charge in [0.25, 0.3) is 0 Å². The van der Waals surface area contributed by atoms with Crippen molar-refractivity contribution in [3.05, 3.63) is 28.2 Å². The van der Waals surface area contributed by atoms with Crippen LogP contribution in [0.15, 0.2) is 18.2 Å². The Bertz CT molecular complexity index is 337. The average Bonchev–Trinajstić information content (AvgIpc) is 2.21. The summed E-state index contributed by atoms with van der Waals surface area (Å²) >= 11 is 17.1. The van der Waals surface area contributed by atoms with Gasteiger partial charge >= 0.3 is 6.03 Å². The van der Waals surface area contributed by atoms with Gasteiger partial charge in [0.05, 0.1) is 15.7 Å². The second-order valence-electron chi connectivity index (χ2n) is 2.67. The molecule has 0 saturated carbocycles. The van der Waals surface area contributed by atoms with Crippen LogP contribution in [0, 0.1) is 0 Å². The molecular formula is C9H9Cl3N2O. The molecule has 0 fully saturated rings. The highest BCUT2D eigenvalue weighted by molar-refractivity contribution is 6.39. The van der Waals surface area contributed by atoms with Crippen molar-refractivity contribution >= 4 is 46.5 Å². The Labute approximate surface area is 103 Å². The maximum atomic E-state index is 11.3. The molecule has 15 heavy (non-hydrogen) atoms. The van der Waals surface area contributed by atoms with Gasteiger partial charge in [-0.15, -0.1) is 11.6 Å². The van der Waals surface area contributed by atoms with Crippen molar-refractivity contribution in [2.75, 3.05) is 17.7 Å². The van der Waals surface area contributed by atoms with Crippen molar-refractivity contribution in [2.45, 2.75) is 0 Å². The Hall–Kier alpha value is -0.640. The number of urea groups is 1. The molecule has 0 aliphatic heterocycles. The van der Waals surface area contributed by atoms with E-state index in [9.17, 15) is 4.79 Å². The van der Waals surface area contributed by atoms with Crippen molar-refractivity contribution in [3.8, 4) is 0 Å². The lowest BCUT2D eigenvalue weighted by molar-refractivity contribution is 0.252. The molecule has 0 saturated heterocycles. The standard InChI is InChI=1S/C9H9Cl3N2O/c10-4-5-13-9(15)14-8-6(11)2-1-3-7(8)12/h1-3H,4-5H2,(H2,13,14,15). The molecule has 0 atom stereocenters. The molecule has 0 unspecified atom stereocenters. The Morgan fingerprint density at radius 2 is 1.87 bits per heavy atom. The Morgan fingerprint density at radius 3 is 2.40 bits per heavy atom. The van der Waals surface area contributed by atoms with Crippen LogP contribution in [0.5, 0.6) is 0 Å². The molecule has 82 valence electrons. The van der Waals surface area contributed by atoms with Crippen molar-refractivity contribution in [1.82, 2.24) is 5.32 Å². The first kappa shape index (κ1) is 12.4. The number of hydrogen-bond donors (Lipinski definition) is 2. The van der Waals surface area contributed by atoms with E-state index in [4.69, 9.17) is 34.8 Å². The zero-order valence-corrected chi connectivity index (χ0v) is 9.96. The zero-order chi connectivity index (χ0) is 11.3. The molecule has 0 aromatic heterocycles. The van der Waals surface area contributed by atoms with Gasteiger partial charge in [0.1, 0.15) is 0 Å². The van der Waals surface area contributed by atoms with Crippen LogP contribution in [0.25, 0.3) is 0 Å². The summed E-state index contributed by atoms with van der Waals surface area (Å²) in [6.07, 6.45) is 0. The SMILES string of the molecule is O=C(NCCCl)Nc1c(Cl)cccc1Cl. The van der Waals surface area contributed by atoms with Crippen LogP contribution in [0.2, 0.25) is 10.0 Å². The van der Waals surface area contributed by atoms with Crippen LogP contribution in [0.1, 0.15) is 0 Å². The largest absolute Gasteiger partial charge is 0.337 e. The fraction of sp³-hybridized carbons (Fsp3) is 0.222. The molecule has 0 bridgehead atoms. The van der Waals surface area contributed by atoms with Gasteiger partial charge in [-0.25, -0.2) is 4.79 Å². The number of halogens is 3. The van der Waals surface area contributed by atoms with Crippen LogP contribution < -0.4 is 10.6 Å². The van der Waals surface area contributed by atoms with Gasteiger partial charge in [0.2, 0.25) is 0 Å². The molecule has 1 aromatic rings. The Kier molecular flexibility index (Phi) is 5.02. The molecule has 2 amide bonds. The number of alkyl halides is 1. The van der Waals surface area contributed by atoms with Gasteiger partial charge in [-0.1, -0.05) is 29.3 Å². The number of nitrogens with one attached hydrogen (secondary N) is 2. The number of hydrogen-bond acceptors (Lipinski definition) is 1. The lowest BCUT2D eigenvalue weighted by Crippen LogP contribution is -2.30. The smallest absolute Gasteiger partial charge is 0.319 e. The van der Waals surface area contributed by atoms with E-state index in [2.05, 4.69) is 10.6 Å². The second-order valence-corrected chi connectivity index (χ2v) is 3.86. The summed E-state index contributed by atoms with van der Waals surface area (Å²) in [5.74, 6) is 0.351. The molecule has 0 spiro atoms. The third-order valence-corrected chi connectivity index (χ3v) is 2.40. The van der Waals surface area contributed by atoms with Gasteiger partial charge in [0.15, 0.2) is 0 Å². The Morgan fingerprint density at radius 1 is 1.27 bits per heavy atom. The summed E-state index contributed by atoms with van der Waals surface area (Å²) < 4.78 is 0. The molecule has 1 aromatic carbocycles. The zero-order valence-electron chi connectivity index (χ0n) is 7.69. The third kappa shape index (κ3) is 3.78. The fourth-order valence-electron chi connectivity index (χ4n) is 0.936. The van der Waals surface area contributed by atoms with E-state index < -0.39 is 0 Å². The first-order valence-corrected chi connectivity index (χ1v) is 5.49. The van der Waals surface area contributed by atoms with Crippen LogP contribution in [-0.2, 0) is 0 Å². The van der Waals surface area contributed by atoms with E-state index in [1.807, 2.05) is 0 Å². The van der Waals surface area contributed by atoms with Gasteiger partial charge in [-0.05, 0) is 12.1 Å². The van der Waals surface area contributed by atoms with E-state index in [0.29, 0.717) is 28.2 Å². The first-order chi connectivity index (χ1) is 7.15. The van der Waals surface area contributed by atoms with E-state index in [0.717, 1.165) is 0 Å². The maximum absolute atomic E-state index is 11.3. The predicted molar refractivity (Wildman–Crippen MR) is 64.2 cm³/mol. The monoisotopic (exact) mass is 266 g/mol. The fourth-order valence-corrected chi connectivity index (χ4v) is 1.52. The van der Waals surface area contributed by atoms with Crippen LogP contribution in [0.3, 0.4) is 0 Å². The number of rotatable bonds is 3. The highest BCUT2D eigenvalue weighted by Gasteiger charge is 2.08. The van der Waals surface area contributed by atoms with E-state index in [1.54, 1.807) is 18.2 Å². The number of carbonyl (C=O) groups excluding carboxylic acids is 1. The van der Waals surface area contributed by atoms with Gasteiger partial charge < -0.3 is 10.6 Å². The molecule has 1 rings (SSSR count). The summed E-state index contributed by atoms with van der Waals surface area (Å²) in [4.78, 5) is 11.3. The predicted octanol–water partition coefficient (Wildman–Crippen LogP) is 3.35. The topological polar surface area (TPSA) is 41.1 Å². The molecular weight excluding hydrogens is 258 g/mol. The molecule has 0 radical (unpaired) electrons. The van der Waals surface area contributed by atoms with E-state index >= 15 is 0 Å². The minimum Gasteiger partial charge on any atom is -0.337 e. The molecule has 2 N–H and O–H groups in total. The summed E-state index contributed by atoms with van der Waals surface area (Å²) in [7, 11) is 0. The van der Waals surface area contributed by atoms with Crippen molar-refractivity contribution in [1.29, 1.82) is 0 Å². The number of benzene rings is 1. The Balaban J connectivity index is 2.68. The summed E-state index contributed by atoms with van der Waals surface area (Å²) in [5.41, 5.74) is 0.396. The lowest BCUT2D eigenvalue weighted by Gasteiger charge is -2.09. The number of carbonyl (C=O) groups is 1. The van der Waals surface area contributed by atoms with Crippen molar-refractivity contribution in [3.63, 3.8) is 0 Å². The number of anilines is 1. The minimum absolute atomic E-state index is 0.351. The number of amides is 2. The van der Waals surface area contributed by atoms with Gasteiger partial charge in [0, 0.05) is 12.4 Å². The molecule has 0 aliphatic carbocycles. The molecule has 6 heteroatoms.